The Morgan fingerprint density at radius 1 is 1.39 bits per heavy atom. The number of nitrogen functional groups attached to an aromatic ring is 1. The van der Waals surface area contributed by atoms with E-state index in [2.05, 4.69) is 4.98 Å². The van der Waals surface area contributed by atoms with Gasteiger partial charge in [-0.3, -0.25) is 4.79 Å². The van der Waals surface area contributed by atoms with Crippen molar-refractivity contribution < 1.29 is 4.79 Å². The number of pyridine rings is 1. The van der Waals surface area contributed by atoms with Gasteiger partial charge in [-0.1, -0.05) is 11.6 Å². The van der Waals surface area contributed by atoms with Crippen LogP contribution < -0.4 is 10.6 Å². The average molecular weight is 271 g/mol. The molecule has 0 aliphatic rings. The van der Waals surface area contributed by atoms with Gasteiger partial charge in [0.25, 0.3) is 0 Å². The van der Waals surface area contributed by atoms with Crippen LogP contribution in [-0.2, 0) is 4.79 Å². The molecule has 0 unspecified atom stereocenters. The van der Waals surface area contributed by atoms with E-state index in [1.807, 2.05) is 13.8 Å². The minimum Gasteiger partial charge on any atom is -0.396 e. The first-order valence-electron chi connectivity index (χ1n) is 5.90. The molecule has 1 amide bonds. The number of carbonyl (C=O) groups is 1. The third-order valence-corrected chi connectivity index (χ3v) is 2.93. The highest BCUT2D eigenvalue weighted by molar-refractivity contribution is 6.29. The van der Waals surface area contributed by atoms with E-state index in [1.54, 1.807) is 29.0 Å². The molecule has 0 aliphatic carbocycles. The fourth-order valence-electron chi connectivity index (χ4n) is 1.70. The lowest BCUT2D eigenvalue weighted by atomic mass is 10.3. The van der Waals surface area contributed by atoms with Gasteiger partial charge in [-0.05, 0) is 26.0 Å². The van der Waals surface area contributed by atoms with Gasteiger partial charge >= 0.3 is 0 Å². The van der Waals surface area contributed by atoms with Gasteiger partial charge in [0.1, 0.15) is 5.15 Å². The van der Waals surface area contributed by atoms with Gasteiger partial charge in [0.2, 0.25) is 5.91 Å². The lowest BCUT2D eigenvalue weighted by Gasteiger charge is -2.24. The molecule has 0 spiro atoms. The molecule has 6 heteroatoms. The topological polar surface area (TPSA) is 62.5 Å². The Hall–Kier alpha value is -1.49. The molecule has 1 rings (SSSR count). The van der Waals surface area contributed by atoms with E-state index in [0.29, 0.717) is 29.7 Å². The zero-order valence-electron chi connectivity index (χ0n) is 11.0. The Labute approximate surface area is 113 Å². The van der Waals surface area contributed by atoms with Crippen LogP contribution in [0.3, 0.4) is 0 Å². The summed E-state index contributed by atoms with van der Waals surface area (Å²) in [7, 11) is 1.77. The summed E-state index contributed by atoms with van der Waals surface area (Å²) in [5, 5.41) is 0.362. The third kappa shape index (κ3) is 3.50. The molecule has 0 fully saturated rings. The summed E-state index contributed by atoms with van der Waals surface area (Å²) < 4.78 is 0. The Balaban J connectivity index is 2.79. The van der Waals surface area contributed by atoms with Crippen molar-refractivity contribution in [3.63, 3.8) is 0 Å². The largest absolute Gasteiger partial charge is 0.396 e. The smallest absolute Gasteiger partial charge is 0.242 e. The summed E-state index contributed by atoms with van der Waals surface area (Å²) in [5.41, 5.74) is 6.33. The number of nitrogens with two attached hydrogens (primary N) is 1. The molecule has 0 aromatic carbocycles. The molecule has 2 N–H and O–H groups in total. The Bertz CT molecular complexity index is 421. The van der Waals surface area contributed by atoms with Gasteiger partial charge in [0, 0.05) is 20.1 Å². The zero-order valence-corrected chi connectivity index (χ0v) is 11.7. The number of nitrogens with zero attached hydrogens (tertiary/aromatic N) is 3. The zero-order chi connectivity index (χ0) is 13.7. The molecule has 0 bridgehead atoms. The van der Waals surface area contributed by atoms with Crippen molar-refractivity contribution in [2.24, 2.45) is 0 Å². The molecule has 0 aliphatic heterocycles. The normalized spacial score (nSPS) is 10.2. The minimum absolute atomic E-state index is 0.0451. The van der Waals surface area contributed by atoms with Crippen molar-refractivity contribution in [2.45, 2.75) is 13.8 Å². The highest BCUT2D eigenvalue weighted by Gasteiger charge is 2.15. The second-order valence-corrected chi connectivity index (χ2v) is 4.36. The molecule has 100 valence electrons. The highest BCUT2D eigenvalue weighted by atomic mass is 35.5. The minimum atomic E-state index is 0.0451. The number of carbonyl (C=O) groups excluding carboxylic acids is 1. The standard InChI is InChI=1S/C12H19ClN4O/c1-4-17(5-2)11(18)8-16(3)12-9(14)6-7-10(13)15-12/h6-7H,4-5,8,14H2,1-3H3. The van der Waals surface area contributed by atoms with Crippen LogP contribution in [0.25, 0.3) is 0 Å². The number of hydrogen-bond donors (Lipinski definition) is 1. The number of hydrogen-bond acceptors (Lipinski definition) is 4. The number of rotatable bonds is 5. The molecule has 18 heavy (non-hydrogen) atoms. The fourth-order valence-corrected chi connectivity index (χ4v) is 1.84. The van der Waals surface area contributed by atoms with Gasteiger partial charge in [-0.2, -0.15) is 0 Å². The van der Waals surface area contributed by atoms with Crippen molar-refractivity contribution >= 4 is 29.0 Å². The van der Waals surface area contributed by atoms with Crippen LogP contribution in [0.2, 0.25) is 5.15 Å². The quantitative estimate of drug-likeness (QED) is 0.826. The molecule has 0 atom stereocenters. The molecule has 0 saturated carbocycles. The summed E-state index contributed by atoms with van der Waals surface area (Å²) in [6.07, 6.45) is 0. The van der Waals surface area contributed by atoms with Crippen LogP contribution >= 0.6 is 11.6 Å². The van der Waals surface area contributed by atoms with Gasteiger partial charge in [-0.25, -0.2) is 4.98 Å². The second kappa shape index (κ2) is 6.44. The average Bonchev–Trinajstić information content (AvgIpc) is 2.33. The van der Waals surface area contributed by atoms with Crippen LogP contribution in [0.15, 0.2) is 12.1 Å². The first-order valence-corrected chi connectivity index (χ1v) is 6.28. The lowest BCUT2D eigenvalue weighted by molar-refractivity contribution is -0.129. The molecular weight excluding hydrogens is 252 g/mol. The highest BCUT2D eigenvalue weighted by Crippen LogP contribution is 2.21. The van der Waals surface area contributed by atoms with Gasteiger partial charge in [0.15, 0.2) is 5.82 Å². The molecule has 1 aromatic rings. The van der Waals surface area contributed by atoms with E-state index in [9.17, 15) is 4.79 Å². The van der Waals surface area contributed by atoms with Crippen molar-refractivity contribution in [1.29, 1.82) is 0 Å². The Kier molecular flexibility index (Phi) is 5.22. The van der Waals surface area contributed by atoms with Crippen LogP contribution in [0.4, 0.5) is 11.5 Å². The number of aromatic nitrogens is 1. The van der Waals surface area contributed by atoms with E-state index in [1.165, 1.54) is 0 Å². The predicted octanol–water partition coefficient (Wildman–Crippen LogP) is 1.62. The molecule has 5 nitrogen and oxygen atoms in total. The summed E-state index contributed by atoms with van der Waals surface area (Å²) >= 11 is 5.83. The fraction of sp³-hybridized carbons (Fsp3) is 0.500. The van der Waals surface area contributed by atoms with E-state index in [4.69, 9.17) is 17.3 Å². The van der Waals surface area contributed by atoms with Gasteiger partial charge < -0.3 is 15.5 Å². The monoisotopic (exact) mass is 270 g/mol. The lowest BCUT2D eigenvalue weighted by Crippen LogP contribution is -2.39. The van der Waals surface area contributed by atoms with Crippen LogP contribution in [0.1, 0.15) is 13.8 Å². The van der Waals surface area contributed by atoms with E-state index in [0.717, 1.165) is 0 Å². The Morgan fingerprint density at radius 3 is 2.56 bits per heavy atom. The SMILES string of the molecule is CCN(CC)C(=O)CN(C)c1nc(Cl)ccc1N. The molecule has 0 radical (unpaired) electrons. The predicted molar refractivity (Wildman–Crippen MR) is 74.9 cm³/mol. The van der Waals surface area contributed by atoms with Gasteiger partial charge in [0.05, 0.1) is 12.2 Å². The molecule has 1 aromatic heterocycles. The van der Waals surface area contributed by atoms with Crippen molar-refractivity contribution in [1.82, 2.24) is 9.88 Å². The van der Waals surface area contributed by atoms with Crippen molar-refractivity contribution in [2.75, 3.05) is 37.3 Å². The molecular formula is C12H19ClN4O. The first kappa shape index (κ1) is 14.6. The van der Waals surface area contributed by atoms with Crippen LogP contribution in [-0.4, -0.2) is 42.5 Å². The van der Waals surface area contributed by atoms with E-state index < -0.39 is 0 Å². The maximum Gasteiger partial charge on any atom is 0.242 e. The van der Waals surface area contributed by atoms with Crippen LogP contribution in [0.5, 0.6) is 0 Å². The first-order chi connectivity index (χ1) is 8.49. The number of anilines is 2. The summed E-state index contributed by atoms with van der Waals surface area (Å²) in [4.78, 5) is 19.6. The molecule has 0 saturated heterocycles. The van der Waals surface area contributed by atoms with Crippen molar-refractivity contribution in [3.05, 3.63) is 17.3 Å². The summed E-state index contributed by atoms with van der Waals surface area (Å²) in [5.74, 6) is 0.576. The third-order valence-electron chi connectivity index (χ3n) is 2.72. The van der Waals surface area contributed by atoms with E-state index in [-0.39, 0.29) is 12.5 Å². The maximum atomic E-state index is 12.0. The van der Waals surface area contributed by atoms with E-state index >= 15 is 0 Å². The van der Waals surface area contributed by atoms with Gasteiger partial charge in [-0.15, -0.1) is 0 Å². The summed E-state index contributed by atoms with van der Waals surface area (Å²) in [6, 6.07) is 3.31. The maximum absolute atomic E-state index is 12.0. The number of halogens is 1. The summed E-state index contributed by atoms with van der Waals surface area (Å²) in [6.45, 7) is 5.53. The molecule has 1 heterocycles. The second-order valence-electron chi connectivity index (χ2n) is 3.97. The number of likely N-dealkylation sites (N-methyl/N-ethyl adjacent to an activating group) is 2. The Morgan fingerprint density at radius 2 is 2.00 bits per heavy atom. The number of amides is 1. The van der Waals surface area contributed by atoms with Crippen LogP contribution in [0, 0.1) is 0 Å². The van der Waals surface area contributed by atoms with Crippen molar-refractivity contribution in [3.8, 4) is 0 Å².